The topological polar surface area (TPSA) is 91.2 Å². The normalized spacial score (nSPS) is 10.6. The summed E-state index contributed by atoms with van der Waals surface area (Å²) in [6.45, 7) is 0. The van der Waals surface area contributed by atoms with Crippen molar-refractivity contribution in [3.8, 4) is 6.07 Å². The summed E-state index contributed by atoms with van der Waals surface area (Å²) in [5.74, 6) is -1.30. The molecule has 6 nitrogen and oxygen atoms in total. The first kappa shape index (κ1) is 19.3. The van der Waals surface area contributed by atoms with Crippen LogP contribution in [0.2, 0.25) is 10.0 Å². The Labute approximate surface area is 160 Å². The molecule has 26 heavy (non-hydrogen) atoms. The van der Waals surface area contributed by atoms with Crippen molar-refractivity contribution in [2.45, 2.75) is 0 Å². The number of nitriles is 1. The van der Waals surface area contributed by atoms with Crippen molar-refractivity contribution in [2.75, 3.05) is 17.7 Å². The van der Waals surface area contributed by atoms with Crippen LogP contribution in [0.3, 0.4) is 0 Å². The van der Waals surface area contributed by atoms with E-state index in [1.54, 1.807) is 36.4 Å². The molecule has 132 valence electrons. The number of ether oxygens (including phenoxy) is 1. The molecule has 0 radical (unpaired) electrons. The molecular weight excluding hydrogens is 377 g/mol. The Hall–Kier alpha value is -3.01. The number of para-hydroxylation sites is 1. The van der Waals surface area contributed by atoms with E-state index in [9.17, 15) is 14.9 Å². The molecule has 0 unspecified atom stereocenters. The van der Waals surface area contributed by atoms with E-state index in [1.165, 1.54) is 25.4 Å². The Morgan fingerprint density at radius 1 is 1.12 bits per heavy atom. The first-order valence-electron chi connectivity index (χ1n) is 7.27. The zero-order valence-corrected chi connectivity index (χ0v) is 15.1. The smallest absolute Gasteiger partial charge is 0.339 e. The second-order valence-corrected chi connectivity index (χ2v) is 5.69. The third-order valence-corrected chi connectivity index (χ3v) is 4.09. The van der Waals surface area contributed by atoms with Gasteiger partial charge in [0.1, 0.15) is 11.6 Å². The Morgan fingerprint density at radius 2 is 1.81 bits per heavy atom. The second-order valence-electron chi connectivity index (χ2n) is 4.91. The summed E-state index contributed by atoms with van der Waals surface area (Å²) < 4.78 is 4.67. The summed E-state index contributed by atoms with van der Waals surface area (Å²) >= 11 is 12.0. The Bertz CT molecular complexity index is 920. The molecule has 0 spiro atoms. The standard InChI is InChI=1S/C18H13Cl2N3O3/c1-26-18(25)12-5-2-3-7-14(12)23-17(24)11(9-21)10-22-15-8-4-6-13(19)16(15)20/h2-8,10,22H,1H3,(H,23,24)/b11-10-. The molecule has 2 rings (SSSR count). The number of halogens is 2. The summed E-state index contributed by atoms with van der Waals surface area (Å²) in [4.78, 5) is 24.1. The van der Waals surface area contributed by atoms with Gasteiger partial charge < -0.3 is 15.4 Å². The maximum atomic E-state index is 12.3. The van der Waals surface area contributed by atoms with E-state index in [-0.39, 0.29) is 21.8 Å². The molecule has 0 heterocycles. The van der Waals surface area contributed by atoms with Crippen molar-refractivity contribution in [1.82, 2.24) is 0 Å². The zero-order chi connectivity index (χ0) is 19.1. The number of benzene rings is 2. The Kier molecular flexibility index (Phi) is 6.61. The minimum absolute atomic E-state index is 0.173. The van der Waals surface area contributed by atoms with Gasteiger partial charge in [0.25, 0.3) is 5.91 Å². The number of esters is 1. The van der Waals surface area contributed by atoms with Gasteiger partial charge >= 0.3 is 5.97 Å². The minimum Gasteiger partial charge on any atom is -0.465 e. The number of nitrogens with one attached hydrogen (secondary N) is 2. The van der Waals surface area contributed by atoms with E-state index >= 15 is 0 Å². The highest BCUT2D eigenvalue weighted by molar-refractivity contribution is 6.43. The summed E-state index contributed by atoms with van der Waals surface area (Å²) in [6, 6.07) is 13.0. The maximum absolute atomic E-state index is 12.3. The first-order chi connectivity index (χ1) is 12.5. The summed E-state index contributed by atoms with van der Waals surface area (Å²) in [5.41, 5.74) is 0.619. The van der Waals surface area contributed by atoms with E-state index in [4.69, 9.17) is 23.2 Å². The lowest BCUT2D eigenvalue weighted by Gasteiger charge is -2.09. The minimum atomic E-state index is -0.700. The third kappa shape index (κ3) is 4.54. The average molecular weight is 390 g/mol. The number of nitrogens with zero attached hydrogens (tertiary/aromatic N) is 1. The number of methoxy groups -OCH3 is 1. The van der Waals surface area contributed by atoms with Crippen LogP contribution < -0.4 is 10.6 Å². The number of carbonyl (C=O) groups excluding carboxylic acids is 2. The van der Waals surface area contributed by atoms with Gasteiger partial charge in [-0.3, -0.25) is 4.79 Å². The number of carbonyl (C=O) groups is 2. The van der Waals surface area contributed by atoms with Gasteiger partial charge in [0.15, 0.2) is 0 Å². The van der Waals surface area contributed by atoms with Crippen molar-refractivity contribution < 1.29 is 14.3 Å². The fourth-order valence-corrected chi connectivity index (χ4v) is 2.34. The summed E-state index contributed by atoms with van der Waals surface area (Å²) in [6.07, 6.45) is 1.20. The van der Waals surface area contributed by atoms with Gasteiger partial charge in [-0.1, -0.05) is 41.4 Å². The van der Waals surface area contributed by atoms with Gasteiger partial charge in [0, 0.05) is 6.20 Å². The molecule has 1 amide bonds. The van der Waals surface area contributed by atoms with E-state index in [1.807, 2.05) is 0 Å². The average Bonchev–Trinajstić information content (AvgIpc) is 2.65. The molecule has 0 saturated carbocycles. The van der Waals surface area contributed by atoms with E-state index in [0.29, 0.717) is 10.7 Å². The molecular formula is C18H13Cl2N3O3. The van der Waals surface area contributed by atoms with Crippen LogP contribution in [0.25, 0.3) is 0 Å². The molecule has 2 aromatic rings. The molecule has 2 N–H and O–H groups in total. The van der Waals surface area contributed by atoms with Gasteiger partial charge in [-0.25, -0.2) is 4.79 Å². The largest absolute Gasteiger partial charge is 0.465 e. The lowest BCUT2D eigenvalue weighted by molar-refractivity contribution is -0.112. The van der Waals surface area contributed by atoms with Crippen molar-refractivity contribution in [2.24, 2.45) is 0 Å². The fourth-order valence-electron chi connectivity index (χ4n) is 1.98. The molecule has 0 aliphatic rings. The van der Waals surface area contributed by atoms with Gasteiger partial charge in [-0.15, -0.1) is 0 Å². The molecule has 0 aromatic heterocycles. The van der Waals surface area contributed by atoms with Gasteiger partial charge in [0.2, 0.25) is 0 Å². The first-order valence-corrected chi connectivity index (χ1v) is 8.03. The van der Waals surface area contributed by atoms with Gasteiger partial charge in [0.05, 0.1) is 34.1 Å². The predicted molar refractivity (Wildman–Crippen MR) is 100 cm³/mol. The lowest BCUT2D eigenvalue weighted by atomic mass is 10.1. The van der Waals surface area contributed by atoms with Crippen LogP contribution in [0.1, 0.15) is 10.4 Å². The third-order valence-electron chi connectivity index (χ3n) is 3.27. The summed E-state index contributed by atoms with van der Waals surface area (Å²) in [5, 5.41) is 15.1. The molecule has 8 heteroatoms. The van der Waals surface area contributed by atoms with Crippen molar-refractivity contribution in [1.29, 1.82) is 5.26 Å². The summed E-state index contributed by atoms with van der Waals surface area (Å²) in [7, 11) is 1.24. The second kappa shape index (κ2) is 8.90. The van der Waals surface area contributed by atoms with Crippen LogP contribution in [0, 0.1) is 11.3 Å². The number of amides is 1. The van der Waals surface area contributed by atoms with Crippen molar-refractivity contribution in [3.63, 3.8) is 0 Å². The van der Waals surface area contributed by atoms with Gasteiger partial charge in [-0.05, 0) is 24.3 Å². The molecule has 0 aliphatic carbocycles. The highest BCUT2D eigenvalue weighted by atomic mass is 35.5. The number of anilines is 2. The molecule has 0 fully saturated rings. The Balaban J connectivity index is 2.21. The highest BCUT2D eigenvalue weighted by Crippen LogP contribution is 2.29. The predicted octanol–water partition coefficient (Wildman–Crippen LogP) is 4.24. The van der Waals surface area contributed by atoms with Crippen LogP contribution in [-0.4, -0.2) is 19.0 Å². The van der Waals surface area contributed by atoms with E-state index in [2.05, 4.69) is 15.4 Å². The van der Waals surface area contributed by atoms with E-state index in [0.717, 1.165) is 0 Å². The van der Waals surface area contributed by atoms with Crippen LogP contribution in [0.5, 0.6) is 0 Å². The van der Waals surface area contributed by atoms with Crippen LogP contribution >= 0.6 is 23.2 Å². The van der Waals surface area contributed by atoms with Crippen LogP contribution in [-0.2, 0) is 9.53 Å². The van der Waals surface area contributed by atoms with Crippen LogP contribution in [0.15, 0.2) is 54.2 Å². The Morgan fingerprint density at radius 3 is 2.50 bits per heavy atom. The molecule has 0 saturated heterocycles. The number of hydrogen-bond acceptors (Lipinski definition) is 5. The highest BCUT2D eigenvalue weighted by Gasteiger charge is 2.16. The molecule has 0 bridgehead atoms. The zero-order valence-electron chi connectivity index (χ0n) is 13.5. The quantitative estimate of drug-likeness (QED) is 0.453. The molecule has 0 atom stereocenters. The number of hydrogen-bond donors (Lipinski definition) is 2. The van der Waals surface area contributed by atoms with Crippen LogP contribution in [0.4, 0.5) is 11.4 Å². The fraction of sp³-hybridized carbons (Fsp3) is 0.0556. The molecule has 0 aliphatic heterocycles. The van der Waals surface area contributed by atoms with Crippen molar-refractivity contribution in [3.05, 3.63) is 69.8 Å². The van der Waals surface area contributed by atoms with Crippen molar-refractivity contribution >= 4 is 46.5 Å². The molecule has 2 aromatic carbocycles. The maximum Gasteiger partial charge on any atom is 0.339 e. The monoisotopic (exact) mass is 389 g/mol. The lowest BCUT2D eigenvalue weighted by Crippen LogP contribution is -2.17. The van der Waals surface area contributed by atoms with E-state index < -0.39 is 11.9 Å². The van der Waals surface area contributed by atoms with Gasteiger partial charge in [-0.2, -0.15) is 5.26 Å². The number of rotatable bonds is 5. The SMILES string of the molecule is COC(=O)c1ccccc1NC(=O)/C(C#N)=C\Nc1cccc(Cl)c1Cl.